The molecule has 1 aliphatic heterocycles. The lowest BCUT2D eigenvalue weighted by Crippen LogP contribution is -2.27. The second kappa shape index (κ2) is 7.70. The minimum Gasteiger partial charge on any atom is -0.384 e. The lowest BCUT2D eigenvalue weighted by molar-refractivity contribution is -0.124. The van der Waals surface area contributed by atoms with Crippen LogP contribution in [0, 0.1) is 11.8 Å². The summed E-state index contributed by atoms with van der Waals surface area (Å²) in [5.74, 6) is 5.02. The lowest BCUT2D eigenvalue weighted by atomic mass is 10.1. The van der Waals surface area contributed by atoms with E-state index in [4.69, 9.17) is 10.8 Å². The van der Waals surface area contributed by atoms with Gasteiger partial charge in [0.15, 0.2) is 0 Å². The van der Waals surface area contributed by atoms with E-state index in [-0.39, 0.29) is 18.6 Å². The summed E-state index contributed by atoms with van der Waals surface area (Å²) in [6.45, 7) is 0.781. The quantitative estimate of drug-likeness (QED) is 0.487. The molecule has 0 saturated carbocycles. The van der Waals surface area contributed by atoms with E-state index < -0.39 is 0 Å². The van der Waals surface area contributed by atoms with Crippen LogP contribution in [0.2, 0.25) is 0 Å². The second-order valence-electron chi connectivity index (χ2n) is 7.48. The van der Waals surface area contributed by atoms with Crippen molar-refractivity contribution < 1.29 is 9.90 Å². The van der Waals surface area contributed by atoms with Gasteiger partial charge in [0.1, 0.15) is 24.4 Å². The average Bonchev–Trinajstić information content (AvgIpc) is 3.43. The van der Waals surface area contributed by atoms with Crippen molar-refractivity contribution in [3.8, 4) is 23.0 Å². The molecule has 0 radical (unpaired) electrons. The van der Waals surface area contributed by atoms with Gasteiger partial charge in [0.25, 0.3) is 5.91 Å². The molecule has 1 amide bonds. The van der Waals surface area contributed by atoms with Crippen molar-refractivity contribution in [3.63, 3.8) is 0 Å². The Bertz CT molecular complexity index is 1370. The summed E-state index contributed by atoms with van der Waals surface area (Å²) in [6.07, 6.45) is 6.10. The molecular weight excluding hydrogens is 392 g/mol. The number of carbonyl (C=O) groups excluding carboxylic acids is 1. The lowest BCUT2D eigenvalue weighted by Gasteiger charge is -2.15. The van der Waals surface area contributed by atoms with Gasteiger partial charge in [0, 0.05) is 42.0 Å². The molecule has 1 fully saturated rings. The van der Waals surface area contributed by atoms with Crippen LogP contribution in [0.1, 0.15) is 12.5 Å². The molecule has 3 aromatic heterocycles. The van der Waals surface area contributed by atoms with E-state index >= 15 is 0 Å². The molecule has 1 saturated heterocycles. The van der Waals surface area contributed by atoms with E-state index in [1.165, 1.54) is 6.33 Å². The van der Waals surface area contributed by atoms with Crippen molar-refractivity contribution in [2.75, 3.05) is 25.4 Å². The zero-order valence-corrected chi connectivity index (χ0v) is 16.7. The van der Waals surface area contributed by atoms with Crippen LogP contribution in [0.3, 0.4) is 0 Å². The number of carbonyl (C=O) groups is 1. The van der Waals surface area contributed by atoms with Crippen LogP contribution in [-0.4, -0.2) is 55.1 Å². The average molecular weight is 412 g/mol. The Labute approximate surface area is 178 Å². The summed E-state index contributed by atoms with van der Waals surface area (Å²) < 4.78 is 2.07. The third-order valence-electron chi connectivity index (χ3n) is 5.66. The van der Waals surface area contributed by atoms with Crippen molar-refractivity contribution in [1.82, 2.24) is 24.4 Å². The van der Waals surface area contributed by atoms with Crippen LogP contribution in [-0.2, 0) is 4.79 Å². The van der Waals surface area contributed by atoms with Gasteiger partial charge in [0.2, 0.25) is 0 Å². The number of pyridine rings is 1. The molecule has 31 heavy (non-hydrogen) atoms. The monoisotopic (exact) mass is 412 g/mol. The van der Waals surface area contributed by atoms with Gasteiger partial charge in [0.05, 0.1) is 16.9 Å². The van der Waals surface area contributed by atoms with Crippen LogP contribution >= 0.6 is 0 Å². The minimum atomic E-state index is -0.329. The Morgan fingerprint density at radius 2 is 2.13 bits per heavy atom. The molecule has 0 bridgehead atoms. The number of aliphatic hydroxyl groups is 1. The fraction of sp³-hybridized carbons (Fsp3) is 0.217. The van der Waals surface area contributed by atoms with Crippen LogP contribution in [0.15, 0.2) is 49.1 Å². The fourth-order valence-electron chi connectivity index (χ4n) is 4.17. The molecule has 1 aliphatic rings. The molecule has 8 nitrogen and oxygen atoms in total. The highest BCUT2D eigenvalue weighted by molar-refractivity contribution is 6.02. The summed E-state index contributed by atoms with van der Waals surface area (Å²) >= 11 is 0. The van der Waals surface area contributed by atoms with Crippen molar-refractivity contribution >= 4 is 33.7 Å². The number of hydrogen-bond donors (Lipinski definition) is 2. The highest BCUT2D eigenvalue weighted by atomic mass is 16.2. The van der Waals surface area contributed by atoms with Crippen molar-refractivity contribution in [2.45, 2.75) is 12.5 Å². The van der Waals surface area contributed by atoms with E-state index in [1.54, 1.807) is 4.90 Å². The molecule has 0 unspecified atom stereocenters. The van der Waals surface area contributed by atoms with Gasteiger partial charge >= 0.3 is 0 Å². The minimum absolute atomic E-state index is 0.0406. The number of nitrogen functional groups attached to an aromatic ring is 1. The number of nitrogens with two attached hydrogens (primary N) is 1. The Kier molecular flexibility index (Phi) is 4.73. The van der Waals surface area contributed by atoms with E-state index in [0.29, 0.717) is 18.9 Å². The van der Waals surface area contributed by atoms with Crippen molar-refractivity contribution in [1.29, 1.82) is 0 Å². The van der Waals surface area contributed by atoms with E-state index in [2.05, 4.69) is 37.4 Å². The summed E-state index contributed by atoms with van der Waals surface area (Å²) in [4.78, 5) is 27.2. The Hall–Kier alpha value is -3.96. The Balaban J connectivity index is 1.58. The second-order valence-corrected chi connectivity index (χ2v) is 7.48. The number of aromatic nitrogens is 4. The third-order valence-corrected chi connectivity index (χ3v) is 5.66. The number of aliphatic hydroxyl groups excluding tert-OH is 1. The maximum Gasteiger partial charge on any atom is 0.298 e. The molecule has 8 heteroatoms. The van der Waals surface area contributed by atoms with Gasteiger partial charge in [-0.05, 0) is 24.5 Å². The molecule has 1 atom stereocenters. The normalized spacial score (nSPS) is 15.9. The van der Waals surface area contributed by atoms with Crippen molar-refractivity contribution in [2.24, 2.45) is 0 Å². The Morgan fingerprint density at radius 3 is 3.00 bits per heavy atom. The smallest absolute Gasteiger partial charge is 0.298 e. The molecule has 0 spiro atoms. The molecule has 4 aromatic rings. The number of likely N-dealkylation sites (tertiary alicyclic amines) is 1. The maximum atomic E-state index is 12.2. The van der Waals surface area contributed by atoms with Crippen LogP contribution in [0.25, 0.3) is 33.1 Å². The molecule has 154 valence electrons. The van der Waals surface area contributed by atoms with Gasteiger partial charge in [-0.3, -0.25) is 9.78 Å². The van der Waals surface area contributed by atoms with Gasteiger partial charge in [-0.2, -0.15) is 0 Å². The zero-order valence-electron chi connectivity index (χ0n) is 16.7. The first-order valence-corrected chi connectivity index (χ1v) is 10.0. The number of hydrogen-bond acceptors (Lipinski definition) is 6. The van der Waals surface area contributed by atoms with Gasteiger partial charge in [-0.25, -0.2) is 9.97 Å². The molecule has 0 aliphatic carbocycles. The number of amides is 1. The molecule has 5 rings (SSSR count). The van der Waals surface area contributed by atoms with Crippen molar-refractivity contribution in [3.05, 3.63) is 49.1 Å². The number of nitrogens with zero attached hydrogens (tertiary/aromatic N) is 5. The summed E-state index contributed by atoms with van der Waals surface area (Å²) in [7, 11) is 0. The molecule has 4 heterocycles. The SMILES string of the molecule is Nc1ncnc2c1c(-c1cnc3ccccc3c1)cn2[C@@H]1CCN(C(=O)C#CCO)C1. The van der Waals surface area contributed by atoms with Gasteiger partial charge < -0.3 is 20.3 Å². The number of fused-ring (bicyclic) bond motifs is 2. The number of anilines is 1. The predicted octanol–water partition coefficient (Wildman–Crippen LogP) is 2.00. The first-order chi connectivity index (χ1) is 15.2. The summed E-state index contributed by atoms with van der Waals surface area (Å²) in [5.41, 5.74) is 9.76. The van der Waals surface area contributed by atoms with Crippen LogP contribution < -0.4 is 5.73 Å². The van der Waals surface area contributed by atoms with E-state index in [1.807, 2.05) is 36.7 Å². The first kappa shape index (κ1) is 19.0. The fourth-order valence-corrected chi connectivity index (χ4v) is 4.17. The predicted molar refractivity (Wildman–Crippen MR) is 118 cm³/mol. The number of rotatable bonds is 2. The topological polar surface area (TPSA) is 110 Å². The largest absolute Gasteiger partial charge is 0.384 e. The number of benzene rings is 1. The van der Waals surface area contributed by atoms with Crippen LogP contribution in [0.5, 0.6) is 0 Å². The Morgan fingerprint density at radius 1 is 1.26 bits per heavy atom. The zero-order chi connectivity index (χ0) is 21.4. The van der Waals surface area contributed by atoms with Gasteiger partial charge in [-0.15, -0.1) is 0 Å². The maximum absolute atomic E-state index is 12.2. The van der Waals surface area contributed by atoms with E-state index in [9.17, 15) is 4.79 Å². The van der Waals surface area contributed by atoms with Gasteiger partial charge in [-0.1, -0.05) is 24.1 Å². The summed E-state index contributed by atoms with van der Waals surface area (Å²) in [5, 5.41) is 10.7. The first-order valence-electron chi connectivity index (χ1n) is 10.0. The van der Waals surface area contributed by atoms with Crippen LogP contribution in [0.4, 0.5) is 5.82 Å². The molecular formula is C23H20N6O2. The highest BCUT2D eigenvalue weighted by Gasteiger charge is 2.29. The summed E-state index contributed by atoms with van der Waals surface area (Å²) in [6, 6.07) is 10.1. The van der Waals surface area contributed by atoms with E-state index in [0.717, 1.165) is 39.5 Å². The molecule has 1 aromatic carbocycles. The highest BCUT2D eigenvalue weighted by Crippen LogP contribution is 2.36. The standard InChI is InChI=1S/C23H20N6O2/c24-22-21-18(16-10-15-4-1-2-5-19(15)25-11-16)13-29(23(21)27-14-26-22)17-7-8-28(12-17)20(31)6-3-9-30/h1-2,4-5,10-11,13-14,17,30H,7-9,12H2,(H2,24,26,27)/t17-/m1/s1. The molecule has 3 N–H and O–H groups in total. The third kappa shape index (κ3) is 3.35. The number of para-hydroxylation sites is 1.